The minimum absolute atomic E-state index is 0.253. The molecule has 0 atom stereocenters. The molecule has 1 N–H and O–H groups in total. The van der Waals surface area contributed by atoms with Crippen LogP contribution in [0.2, 0.25) is 0 Å². The number of rotatable bonds is 5. The topological polar surface area (TPSA) is 73.1 Å². The Morgan fingerprint density at radius 3 is 2.85 bits per heavy atom. The summed E-state index contributed by atoms with van der Waals surface area (Å²) in [5.74, 6) is -0.341. The standard InChI is InChI=1S/C13H15N3O3S/c1-15-7-5-12(18)16(13(15)19)9-11(17)14-6-4-10-3-2-8-20-10/h2-3,5,7-8H,4,6,9H2,1H3,(H,14,17). The van der Waals surface area contributed by atoms with Gasteiger partial charge in [-0.1, -0.05) is 6.07 Å². The third-order valence-corrected chi connectivity index (χ3v) is 3.75. The second-order valence-corrected chi connectivity index (χ2v) is 5.35. The van der Waals surface area contributed by atoms with Gasteiger partial charge in [0.1, 0.15) is 6.54 Å². The molecule has 7 heteroatoms. The SMILES string of the molecule is Cn1ccc(=O)n(CC(=O)NCCc2cccs2)c1=O. The number of carbonyl (C=O) groups excluding carboxylic acids is 1. The van der Waals surface area contributed by atoms with Crippen LogP contribution in [0.25, 0.3) is 0 Å². The van der Waals surface area contributed by atoms with Crippen molar-refractivity contribution < 1.29 is 4.79 Å². The van der Waals surface area contributed by atoms with Crippen molar-refractivity contribution in [2.75, 3.05) is 6.54 Å². The quantitative estimate of drug-likeness (QED) is 0.841. The Hall–Kier alpha value is -2.15. The van der Waals surface area contributed by atoms with Crippen LogP contribution in [0.3, 0.4) is 0 Å². The minimum atomic E-state index is -0.495. The van der Waals surface area contributed by atoms with E-state index >= 15 is 0 Å². The fourth-order valence-electron chi connectivity index (χ4n) is 1.74. The lowest BCUT2D eigenvalue weighted by Gasteiger charge is -2.07. The summed E-state index contributed by atoms with van der Waals surface area (Å²) in [6.45, 7) is 0.234. The lowest BCUT2D eigenvalue weighted by atomic mass is 10.3. The Balaban J connectivity index is 1.93. The Bertz CT molecular complexity index is 700. The fourth-order valence-corrected chi connectivity index (χ4v) is 2.45. The van der Waals surface area contributed by atoms with Gasteiger partial charge in [0, 0.05) is 30.7 Å². The number of hydrogen-bond donors (Lipinski definition) is 1. The van der Waals surface area contributed by atoms with E-state index in [0.717, 1.165) is 11.0 Å². The van der Waals surface area contributed by atoms with E-state index in [1.54, 1.807) is 11.3 Å². The first-order valence-electron chi connectivity index (χ1n) is 6.13. The van der Waals surface area contributed by atoms with E-state index in [-0.39, 0.29) is 12.5 Å². The van der Waals surface area contributed by atoms with Crippen LogP contribution in [-0.2, 0) is 24.8 Å². The molecule has 0 aliphatic heterocycles. The van der Waals surface area contributed by atoms with E-state index in [1.807, 2.05) is 17.5 Å². The summed E-state index contributed by atoms with van der Waals surface area (Å²) in [6, 6.07) is 5.21. The molecule has 0 aliphatic carbocycles. The smallest absolute Gasteiger partial charge is 0.331 e. The average Bonchev–Trinajstić information content (AvgIpc) is 2.92. The molecule has 2 aromatic rings. The van der Waals surface area contributed by atoms with Crippen LogP contribution in [0.4, 0.5) is 0 Å². The monoisotopic (exact) mass is 293 g/mol. The first-order valence-corrected chi connectivity index (χ1v) is 7.01. The zero-order chi connectivity index (χ0) is 14.5. The predicted molar refractivity (Wildman–Crippen MR) is 77.0 cm³/mol. The Kier molecular flexibility index (Phi) is 4.52. The van der Waals surface area contributed by atoms with Crippen LogP contribution in [0, 0.1) is 0 Å². The highest BCUT2D eigenvalue weighted by molar-refractivity contribution is 7.09. The molecule has 20 heavy (non-hydrogen) atoms. The van der Waals surface area contributed by atoms with Gasteiger partial charge in [0.15, 0.2) is 0 Å². The number of hydrogen-bond acceptors (Lipinski definition) is 4. The Morgan fingerprint density at radius 1 is 1.35 bits per heavy atom. The summed E-state index contributed by atoms with van der Waals surface area (Å²) in [6.07, 6.45) is 2.13. The number of nitrogens with one attached hydrogen (secondary N) is 1. The summed E-state index contributed by atoms with van der Waals surface area (Å²) >= 11 is 1.63. The van der Waals surface area contributed by atoms with E-state index in [4.69, 9.17) is 0 Å². The van der Waals surface area contributed by atoms with Gasteiger partial charge in [-0.2, -0.15) is 0 Å². The normalized spacial score (nSPS) is 10.4. The van der Waals surface area contributed by atoms with Crippen LogP contribution in [-0.4, -0.2) is 21.6 Å². The maximum Gasteiger partial charge on any atom is 0.331 e. The Morgan fingerprint density at radius 2 is 2.15 bits per heavy atom. The van der Waals surface area contributed by atoms with Crippen LogP contribution >= 0.6 is 11.3 Å². The van der Waals surface area contributed by atoms with Gasteiger partial charge < -0.3 is 9.88 Å². The van der Waals surface area contributed by atoms with Crippen LogP contribution < -0.4 is 16.6 Å². The van der Waals surface area contributed by atoms with E-state index in [0.29, 0.717) is 6.54 Å². The molecule has 0 fully saturated rings. The van der Waals surface area contributed by atoms with Gasteiger partial charge in [0.2, 0.25) is 5.91 Å². The second kappa shape index (κ2) is 6.33. The fraction of sp³-hybridized carbons (Fsp3) is 0.308. The summed E-state index contributed by atoms with van der Waals surface area (Å²) < 4.78 is 2.18. The van der Waals surface area contributed by atoms with E-state index in [9.17, 15) is 14.4 Å². The molecule has 0 aromatic carbocycles. The third kappa shape index (κ3) is 3.45. The van der Waals surface area contributed by atoms with Crippen molar-refractivity contribution in [2.45, 2.75) is 13.0 Å². The highest BCUT2D eigenvalue weighted by atomic mass is 32.1. The molecule has 2 rings (SSSR count). The van der Waals surface area contributed by atoms with Crippen molar-refractivity contribution >= 4 is 17.2 Å². The molecule has 0 spiro atoms. The molecule has 6 nitrogen and oxygen atoms in total. The van der Waals surface area contributed by atoms with Crippen molar-refractivity contribution in [2.24, 2.45) is 7.05 Å². The van der Waals surface area contributed by atoms with E-state index < -0.39 is 11.2 Å². The first kappa shape index (κ1) is 14.3. The zero-order valence-corrected chi connectivity index (χ0v) is 11.9. The summed E-state index contributed by atoms with van der Waals surface area (Å²) in [7, 11) is 1.53. The average molecular weight is 293 g/mol. The van der Waals surface area contributed by atoms with Crippen molar-refractivity contribution in [1.82, 2.24) is 14.5 Å². The van der Waals surface area contributed by atoms with Crippen molar-refractivity contribution in [3.05, 3.63) is 55.5 Å². The summed E-state index contributed by atoms with van der Waals surface area (Å²) in [5, 5.41) is 4.68. The van der Waals surface area contributed by atoms with Crippen molar-refractivity contribution in [3.63, 3.8) is 0 Å². The van der Waals surface area contributed by atoms with Gasteiger partial charge in [-0.05, 0) is 17.9 Å². The van der Waals surface area contributed by atoms with Crippen LogP contribution in [0.15, 0.2) is 39.4 Å². The van der Waals surface area contributed by atoms with Gasteiger partial charge in [0.25, 0.3) is 5.56 Å². The lowest BCUT2D eigenvalue weighted by molar-refractivity contribution is -0.121. The number of aromatic nitrogens is 2. The molecule has 0 bridgehead atoms. The molecule has 0 aliphatic rings. The molecule has 0 saturated heterocycles. The molecule has 2 aromatic heterocycles. The molecule has 2 heterocycles. The number of carbonyl (C=O) groups is 1. The second-order valence-electron chi connectivity index (χ2n) is 4.31. The highest BCUT2D eigenvalue weighted by Crippen LogP contribution is 2.07. The molecular formula is C13H15N3O3S. The van der Waals surface area contributed by atoms with Gasteiger partial charge in [0.05, 0.1) is 0 Å². The van der Waals surface area contributed by atoms with E-state index in [1.165, 1.54) is 28.8 Å². The lowest BCUT2D eigenvalue weighted by Crippen LogP contribution is -2.42. The van der Waals surface area contributed by atoms with Crippen LogP contribution in [0.1, 0.15) is 4.88 Å². The molecule has 0 saturated carbocycles. The molecular weight excluding hydrogens is 278 g/mol. The number of amides is 1. The maximum atomic E-state index is 11.7. The molecule has 1 amide bonds. The predicted octanol–water partition coefficient (Wildman–Crippen LogP) is -0.0326. The van der Waals surface area contributed by atoms with Crippen LogP contribution in [0.5, 0.6) is 0 Å². The maximum absolute atomic E-state index is 11.7. The van der Waals surface area contributed by atoms with Crippen molar-refractivity contribution in [3.8, 4) is 0 Å². The molecule has 0 unspecified atom stereocenters. The van der Waals surface area contributed by atoms with Gasteiger partial charge in [-0.15, -0.1) is 11.3 Å². The molecule has 0 radical (unpaired) electrons. The van der Waals surface area contributed by atoms with Crippen molar-refractivity contribution in [1.29, 1.82) is 0 Å². The number of nitrogens with zero attached hydrogens (tertiary/aromatic N) is 2. The van der Waals surface area contributed by atoms with Gasteiger partial charge in [-0.25, -0.2) is 4.79 Å². The molecule has 106 valence electrons. The summed E-state index contributed by atoms with van der Waals surface area (Å²) in [4.78, 5) is 36.2. The number of thiophene rings is 1. The largest absolute Gasteiger partial charge is 0.354 e. The Labute approximate surface area is 119 Å². The summed E-state index contributed by atoms with van der Waals surface area (Å²) in [5.41, 5.74) is -0.965. The minimum Gasteiger partial charge on any atom is -0.354 e. The van der Waals surface area contributed by atoms with E-state index in [2.05, 4.69) is 5.32 Å². The third-order valence-electron chi connectivity index (χ3n) is 2.81. The number of aryl methyl sites for hydroxylation is 1. The van der Waals surface area contributed by atoms with Gasteiger partial charge in [-0.3, -0.25) is 14.2 Å². The first-order chi connectivity index (χ1) is 9.58. The zero-order valence-electron chi connectivity index (χ0n) is 11.0. The van der Waals surface area contributed by atoms with Gasteiger partial charge >= 0.3 is 5.69 Å². The highest BCUT2D eigenvalue weighted by Gasteiger charge is 2.08.